The number of hydrogen-bond acceptors (Lipinski definition) is 4. The second-order valence-corrected chi connectivity index (χ2v) is 6.06. The minimum absolute atomic E-state index is 0.273. The molecule has 1 aliphatic carbocycles. The van der Waals surface area contributed by atoms with Gasteiger partial charge in [-0.1, -0.05) is 25.7 Å². The summed E-state index contributed by atoms with van der Waals surface area (Å²) in [5.41, 5.74) is -1.04. The first-order valence-corrected chi connectivity index (χ1v) is 7.71. The number of hydrogen-bond donors (Lipinski definition) is 1. The fourth-order valence-electron chi connectivity index (χ4n) is 3.29. The molecule has 1 aliphatic heterocycles. The molecule has 1 spiro atoms. The number of amides is 4. The predicted octanol–water partition coefficient (Wildman–Crippen LogP) is 1.83. The number of carbonyl (C=O) groups excluding carboxylic acids is 3. The summed E-state index contributed by atoms with van der Waals surface area (Å²) in [4.78, 5) is 38.5. The van der Waals surface area contributed by atoms with Crippen molar-refractivity contribution in [3.63, 3.8) is 0 Å². The van der Waals surface area contributed by atoms with Crippen LogP contribution in [0.2, 0.25) is 0 Å². The third-order valence-electron chi connectivity index (χ3n) is 4.64. The van der Waals surface area contributed by atoms with Gasteiger partial charge in [0.05, 0.1) is 0 Å². The van der Waals surface area contributed by atoms with Crippen molar-refractivity contribution in [1.82, 2.24) is 10.2 Å². The van der Waals surface area contributed by atoms with Gasteiger partial charge in [-0.25, -0.2) is 4.79 Å². The second kappa shape index (κ2) is 6.56. The topological polar surface area (TPSA) is 75.7 Å². The van der Waals surface area contributed by atoms with Gasteiger partial charge >= 0.3 is 6.03 Å². The van der Waals surface area contributed by atoms with E-state index in [1.807, 2.05) is 6.92 Å². The summed E-state index contributed by atoms with van der Waals surface area (Å²) in [6.07, 6.45) is 5.43. The van der Waals surface area contributed by atoms with Crippen molar-refractivity contribution in [3.05, 3.63) is 0 Å². The van der Waals surface area contributed by atoms with Crippen LogP contribution >= 0.6 is 0 Å². The van der Waals surface area contributed by atoms with E-state index in [2.05, 4.69) is 5.32 Å². The molecule has 1 unspecified atom stereocenters. The van der Waals surface area contributed by atoms with E-state index in [1.54, 1.807) is 7.11 Å². The number of urea groups is 1. The molecule has 1 N–H and O–H groups in total. The third kappa shape index (κ3) is 2.95. The highest BCUT2D eigenvalue weighted by atomic mass is 16.5. The van der Waals surface area contributed by atoms with E-state index < -0.39 is 17.4 Å². The van der Waals surface area contributed by atoms with Gasteiger partial charge in [0, 0.05) is 19.8 Å². The number of methoxy groups -OCH3 is 1. The van der Waals surface area contributed by atoms with E-state index in [0.717, 1.165) is 25.7 Å². The Labute approximate surface area is 125 Å². The van der Waals surface area contributed by atoms with E-state index in [9.17, 15) is 14.4 Å². The molecule has 1 saturated heterocycles. The molecule has 1 heterocycles. The van der Waals surface area contributed by atoms with Crippen molar-refractivity contribution in [2.24, 2.45) is 5.41 Å². The molecule has 0 bridgehead atoms. The summed E-state index contributed by atoms with van der Waals surface area (Å²) in [5, 5.41) is 2.39. The second-order valence-electron chi connectivity index (χ2n) is 6.06. The smallest absolute Gasteiger partial charge is 0.331 e. The van der Waals surface area contributed by atoms with Gasteiger partial charge in [0.1, 0.15) is 5.41 Å². The summed E-state index contributed by atoms with van der Waals surface area (Å²) in [6, 6.07) is -0.867. The maximum absolute atomic E-state index is 12.9. The van der Waals surface area contributed by atoms with Gasteiger partial charge in [0.15, 0.2) is 0 Å². The lowest BCUT2D eigenvalue weighted by atomic mass is 9.76. The molecule has 118 valence electrons. The van der Waals surface area contributed by atoms with Gasteiger partial charge in [-0.05, 0) is 26.2 Å². The van der Waals surface area contributed by atoms with Crippen molar-refractivity contribution in [2.75, 3.05) is 13.7 Å². The molecule has 0 aromatic rings. The normalized spacial score (nSPS) is 23.9. The van der Waals surface area contributed by atoms with Gasteiger partial charge in [-0.15, -0.1) is 0 Å². The average molecular weight is 296 g/mol. The molecule has 2 fully saturated rings. The van der Waals surface area contributed by atoms with Crippen LogP contribution in [0.4, 0.5) is 4.79 Å². The van der Waals surface area contributed by atoms with E-state index in [4.69, 9.17) is 4.74 Å². The largest absolute Gasteiger partial charge is 0.385 e. The maximum Gasteiger partial charge on any atom is 0.331 e. The molecular weight excluding hydrogens is 272 g/mol. The highest BCUT2D eigenvalue weighted by Crippen LogP contribution is 2.39. The molecule has 0 radical (unpaired) electrons. The molecule has 2 rings (SSSR count). The van der Waals surface area contributed by atoms with Crippen LogP contribution in [0.3, 0.4) is 0 Å². The Morgan fingerprint density at radius 1 is 1.19 bits per heavy atom. The monoisotopic (exact) mass is 296 g/mol. The van der Waals surface area contributed by atoms with Crippen LogP contribution in [0.5, 0.6) is 0 Å². The first-order valence-electron chi connectivity index (χ1n) is 7.71. The Morgan fingerprint density at radius 3 is 2.38 bits per heavy atom. The Kier molecular flexibility index (Phi) is 4.98. The summed E-state index contributed by atoms with van der Waals surface area (Å²) < 4.78 is 5.02. The molecule has 21 heavy (non-hydrogen) atoms. The summed E-state index contributed by atoms with van der Waals surface area (Å²) in [6.45, 7) is 2.29. The van der Waals surface area contributed by atoms with E-state index in [-0.39, 0.29) is 11.9 Å². The number of nitrogens with one attached hydrogen (secondary N) is 1. The fraction of sp³-hybridized carbons (Fsp3) is 0.800. The standard InChI is InChI=1S/C15H24N2O4/c1-11(7-10-21-2)17-13(19)15(12(18)16-14(17)20)8-5-3-4-6-9-15/h11H,3-10H2,1-2H3,(H,16,18,20). The van der Waals surface area contributed by atoms with E-state index in [0.29, 0.717) is 25.9 Å². The van der Waals surface area contributed by atoms with Crippen LogP contribution in [-0.4, -0.2) is 42.5 Å². The Balaban J connectivity index is 2.24. The molecule has 4 amide bonds. The average Bonchev–Trinajstić information content (AvgIpc) is 2.70. The first-order chi connectivity index (χ1) is 10.0. The quantitative estimate of drug-likeness (QED) is 0.803. The SMILES string of the molecule is COCCC(C)N1C(=O)NC(=O)C2(CCCCCC2)C1=O. The van der Waals surface area contributed by atoms with Crippen LogP contribution in [0, 0.1) is 5.41 Å². The van der Waals surface area contributed by atoms with Crippen molar-refractivity contribution < 1.29 is 19.1 Å². The number of carbonyl (C=O) groups is 3. The first kappa shape index (κ1) is 15.9. The lowest BCUT2D eigenvalue weighted by Crippen LogP contribution is -2.65. The van der Waals surface area contributed by atoms with Gasteiger partial charge in [-0.3, -0.25) is 19.8 Å². The van der Waals surface area contributed by atoms with Crippen LogP contribution in [0.25, 0.3) is 0 Å². The lowest BCUT2D eigenvalue weighted by Gasteiger charge is -2.41. The molecule has 2 aliphatic rings. The minimum atomic E-state index is -1.04. The van der Waals surface area contributed by atoms with E-state index >= 15 is 0 Å². The Hall–Kier alpha value is -1.43. The van der Waals surface area contributed by atoms with Crippen molar-refractivity contribution in [3.8, 4) is 0 Å². The molecule has 6 heteroatoms. The number of ether oxygens (including phenoxy) is 1. The summed E-state index contributed by atoms with van der Waals surface area (Å²) >= 11 is 0. The third-order valence-corrected chi connectivity index (χ3v) is 4.64. The zero-order valence-electron chi connectivity index (χ0n) is 12.8. The Morgan fingerprint density at radius 2 is 1.81 bits per heavy atom. The van der Waals surface area contributed by atoms with Crippen LogP contribution in [-0.2, 0) is 14.3 Å². The number of barbiturate groups is 1. The van der Waals surface area contributed by atoms with Gasteiger partial charge in [-0.2, -0.15) is 0 Å². The van der Waals surface area contributed by atoms with Crippen LogP contribution in [0.1, 0.15) is 51.9 Å². The predicted molar refractivity (Wildman–Crippen MR) is 76.5 cm³/mol. The van der Waals surface area contributed by atoms with Crippen molar-refractivity contribution in [1.29, 1.82) is 0 Å². The molecule has 0 aromatic carbocycles. The van der Waals surface area contributed by atoms with Crippen LogP contribution < -0.4 is 5.32 Å². The number of imide groups is 2. The van der Waals surface area contributed by atoms with Crippen molar-refractivity contribution in [2.45, 2.75) is 57.9 Å². The Bertz CT molecular complexity index is 427. The zero-order valence-corrected chi connectivity index (χ0v) is 12.8. The molecule has 1 saturated carbocycles. The van der Waals surface area contributed by atoms with Gasteiger partial charge in [0.25, 0.3) is 0 Å². The maximum atomic E-state index is 12.9. The zero-order chi connectivity index (χ0) is 15.5. The fourth-order valence-corrected chi connectivity index (χ4v) is 3.29. The summed E-state index contributed by atoms with van der Waals surface area (Å²) in [7, 11) is 1.58. The number of rotatable bonds is 4. The molecule has 6 nitrogen and oxygen atoms in total. The van der Waals surface area contributed by atoms with Gasteiger partial charge < -0.3 is 4.74 Å². The molecular formula is C15H24N2O4. The summed E-state index contributed by atoms with van der Waals surface area (Å²) in [5.74, 6) is -0.726. The van der Waals surface area contributed by atoms with Crippen LogP contribution in [0.15, 0.2) is 0 Å². The minimum Gasteiger partial charge on any atom is -0.385 e. The van der Waals surface area contributed by atoms with Gasteiger partial charge in [0.2, 0.25) is 11.8 Å². The highest BCUT2D eigenvalue weighted by Gasteiger charge is 2.54. The lowest BCUT2D eigenvalue weighted by molar-refractivity contribution is -0.154. The molecule has 0 aromatic heterocycles. The highest BCUT2D eigenvalue weighted by molar-refractivity contribution is 6.19. The van der Waals surface area contributed by atoms with E-state index in [1.165, 1.54) is 4.90 Å². The van der Waals surface area contributed by atoms with Crippen molar-refractivity contribution >= 4 is 17.8 Å². The number of nitrogens with zero attached hydrogens (tertiary/aromatic N) is 1. The molecule has 1 atom stereocenters.